The van der Waals surface area contributed by atoms with E-state index in [1.165, 1.54) is 0 Å². The molecule has 0 amide bonds. The Morgan fingerprint density at radius 3 is 1.17 bits per heavy atom. The lowest BCUT2D eigenvalue weighted by atomic mass is 9.88. The Morgan fingerprint density at radius 1 is 0.583 bits per heavy atom. The van der Waals surface area contributed by atoms with E-state index in [-0.39, 0.29) is 54.2 Å². The Hall–Kier alpha value is -1.94. The van der Waals surface area contributed by atoms with Crippen molar-refractivity contribution in [2.45, 2.75) is 67.2 Å². The van der Waals surface area contributed by atoms with E-state index in [9.17, 15) is 19.2 Å². The molecule has 2 saturated carbocycles. The average Bonchev–Trinajstić information content (AvgIpc) is 3.42. The molecule has 4 rings (SSSR count). The fraction of sp³-hybridized carbons (Fsp3) is 0.529. The molecule has 0 heterocycles. The summed E-state index contributed by atoms with van der Waals surface area (Å²) in [5, 5.41) is -1.48. The predicted molar refractivity (Wildman–Crippen MR) is 186 cm³/mol. The van der Waals surface area contributed by atoms with Crippen LogP contribution in [-0.2, 0) is 19.1 Å². The van der Waals surface area contributed by atoms with Gasteiger partial charge in [0.2, 0.25) is 0 Å². The van der Waals surface area contributed by atoms with Crippen molar-refractivity contribution in [3.63, 3.8) is 0 Å². The summed E-state index contributed by atoms with van der Waals surface area (Å²) in [5.74, 6) is -4.61. The van der Waals surface area contributed by atoms with Gasteiger partial charge < -0.3 is 18.9 Å². The summed E-state index contributed by atoms with van der Waals surface area (Å²) in [4.78, 5) is 52.8. The lowest BCUT2D eigenvalue weighted by molar-refractivity contribution is -0.156. The van der Waals surface area contributed by atoms with E-state index in [2.05, 4.69) is 27.7 Å². The smallest absolute Gasteiger partial charge is 0.423 e. The van der Waals surface area contributed by atoms with Gasteiger partial charge in [-0.25, -0.2) is 19.2 Å². The Labute approximate surface area is 309 Å². The average molecular weight is 785 g/mol. The molecule has 0 spiro atoms. The molecule has 2 aliphatic carbocycles. The first-order valence-corrected chi connectivity index (χ1v) is 17.7. The standard InChI is InChI=1S/C34H36Cl6O8/c1-15-9-33(5,10-16(15)2)13-45-29(41)23-25(39)19(35)7-21(37)27(23)47-31(43)32(44)48-28-22(38)8-20(36)26(40)24(28)30(42)46-14-34(6)11-17(3)18(4)12-34/h7-8,15-18H,9-14H2,1-6H3. The number of rotatable bonds is 8. The highest BCUT2D eigenvalue weighted by atomic mass is 35.5. The summed E-state index contributed by atoms with van der Waals surface area (Å²) in [5.41, 5.74) is -1.49. The van der Waals surface area contributed by atoms with E-state index < -0.39 is 46.5 Å². The summed E-state index contributed by atoms with van der Waals surface area (Å²) in [7, 11) is 0. The molecule has 0 bridgehead atoms. The highest BCUT2D eigenvalue weighted by molar-refractivity contribution is 6.47. The number of hydrogen-bond acceptors (Lipinski definition) is 8. The first-order valence-electron chi connectivity index (χ1n) is 15.4. The highest BCUT2D eigenvalue weighted by Gasteiger charge is 2.41. The second-order valence-corrected chi connectivity index (χ2v) is 16.4. The molecule has 8 nitrogen and oxygen atoms in total. The quantitative estimate of drug-likeness (QED) is 0.113. The summed E-state index contributed by atoms with van der Waals surface area (Å²) >= 11 is 37.7. The number of esters is 4. The van der Waals surface area contributed by atoms with E-state index in [0.717, 1.165) is 37.8 Å². The molecule has 4 unspecified atom stereocenters. The summed E-state index contributed by atoms with van der Waals surface area (Å²) in [6.07, 6.45) is 3.35. The van der Waals surface area contributed by atoms with E-state index in [1.807, 2.05) is 13.8 Å². The highest BCUT2D eigenvalue weighted by Crippen LogP contribution is 2.47. The maximum atomic E-state index is 13.3. The van der Waals surface area contributed by atoms with E-state index in [4.69, 9.17) is 88.6 Å². The molecular weight excluding hydrogens is 749 g/mol. The molecule has 4 atom stereocenters. The largest absolute Gasteiger partial charge is 0.461 e. The van der Waals surface area contributed by atoms with Crippen LogP contribution in [0.4, 0.5) is 0 Å². The maximum absolute atomic E-state index is 13.3. The van der Waals surface area contributed by atoms with Crippen molar-refractivity contribution in [3.8, 4) is 11.5 Å². The third kappa shape index (κ3) is 8.50. The van der Waals surface area contributed by atoms with Gasteiger partial charge in [0.05, 0.1) is 43.3 Å². The van der Waals surface area contributed by atoms with Crippen LogP contribution in [0.15, 0.2) is 12.1 Å². The molecule has 2 aromatic carbocycles. The van der Waals surface area contributed by atoms with Crippen molar-refractivity contribution in [3.05, 3.63) is 53.4 Å². The minimum absolute atomic E-state index is 0.0578. The Balaban J connectivity index is 1.55. The van der Waals surface area contributed by atoms with Crippen LogP contribution in [0.1, 0.15) is 87.9 Å². The molecule has 2 fully saturated rings. The second-order valence-electron chi connectivity index (χ2n) is 14.0. The zero-order chi connectivity index (χ0) is 35.9. The third-order valence-electron chi connectivity index (χ3n) is 9.52. The van der Waals surface area contributed by atoms with Crippen LogP contribution >= 0.6 is 69.6 Å². The van der Waals surface area contributed by atoms with Crippen molar-refractivity contribution in [2.75, 3.05) is 13.2 Å². The zero-order valence-electron chi connectivity index (χ0n) is 27.2. The van der Waals surface area contributed by atoms with Gasteiger partial charge in [0.25, 0.3) is 0 Å². The van der Waals surface area contributed by atoms with Crippen LogP contribution in [0.2, 0.25) is 30.1 Å². The number of hydrogen-bond donors (Lipinski definition) is 0. The molecule has 0 N–H and O–H groups in total. The molecule has 2 aromatic rings. The number of carbonyl (C=O) groups is 4. The minimum atomic E-state index is -1.64. The summed E-state index contributed by atoms with van der Waals surface area (Å²) < 4.78 is 21.7. The maximum Gasteiger partial charge on any atom is 0.423 e. The molecule has 2 aliphatic rings. The van der Waals surface area contributed by atoms with Gasteiger partial charge in [-0.05, 0) is 61.5 Å². The van der Waals surface area contributed by atoms with Crippen LogP contribution in [0.3, 0.4) is 0 Å². The van der Waals surface area contributed by atoms with E-state index in [1.54, 1.807) is 0 Å². The fourth-order valence-electron chi connectivity index (χ4n) is 6.93. The van der Waals surface area contributed by atoms with E-state index in [0.29, 0.717) is 23.7 Å². The first kappa shape index (κ1) is 38.9. The molecule has 0 radical (unpaired) electrons. The summed E-state index contributed by atoms with van der Waals surface area (Å²) in [6.45, 7) is 12.7. The lowest BCUT2D eigenvalue weighted by Gasteiger charge is -2.24. The van der Waals surface area contributed by atoms with Crippen molar-refractivity contribution >= 4 is 93.5 Å². The van der Waals surface area contributed by atoms with Gasteiger partial charge in [0.15, 0.2) is 11.5 Å². The Bertz CT molecular complexity index is 1500. The van der Waals surface area contributed by atoms with Gasteiger partial charge in [0.1, 0.15) is 11.1 Å². The molecule has 0 aromatic heterocycles. The molecule has 14 heteroatoms. The topological polar surface area (TPSA) is 105 Å². The lowest BCUT2D eigenvalue weighted by Crippen LogP contribution is -2.28. The molecule has 48 heavy (non-hydrogen) atoms. The monoisotopic (exact) mass is 782 g/mol. The number of benzene rings is 2. The van der Waals surface area contributed by atoms with E-state index >= 15 is 0 Å². The third-order valence-corrected chi connectivity index (χ3v) is 11.7. The van der Waals surface area contributed by atoms with Gasteiger partial charge in [-0.1, -0.05) is 111 Å². The van der Waals surface area contributed by atoms with Gasteiger partial charge >= 0.3 is 23.9 Å². The Morgan fingerprint density at radius 2 is 0.875 bits per heavy atom. The van der Waals surface area contributed by atoms with Gasteiger partial charge in [-0.15, -0.1) is 0 Å². The van der Waals surface area contributed by atoms with Crippen LogP contribution in [-0.4, -0.2) is 37.1 Å². The molecule has 0 saturated heterocycles. The van der Waals surface area contributed by atoms with Crippen molar-refractivity contribution in [1.82, 2.24) is 0 Å². The number of ether oxygens (including phenoxy) is 4. The number of carbonyl (C=O) groups excluding carboxylic acids is 4. The van der Waals surface area contributed by atoms with Crippen LogP contribution in [0.5, 0.6) is 11.5 Å². The van der Waals surface area contributed by atoms with Crippen molar-refractivity contribution < 1.29 is 38.1 Å². The van der Waals surface area contributed by atoms with Crippen molar-refractivity contribution in [2.24, 2.45) is 34.5 Å². The minimum Gasteiger partial charge on any atom is -0.461 e. The summed E-state index contributed by atoms with van der Waals surface area (Å²) in [6, 6.07) is 2.27. The molecular formula is C34H36Cl6O8. The van der Waals surface area contributed by atoms with Gasteiger partial charge in [0, 0.05) is 10.8 Å². The SMILES string of the molecule is CC1CC(C)(COC(=O)c2c(Cl)c(Cl)cc(Cl)c2OC(=O)C(=O)Oc2c(Cl)cc(Cl)c(Cl)c2C(=O)OCC2(C)CC(C)C(C)C2)CC1C. The zero-order valence-corrected chi connectivity index (χ0v) is 31.8. The van der Waals surface area contributed by atoms with Crippen LogP contribution in [0, 0.1) is 34.5 Å². The van der Waals surface area contributed by atoms with Crippen LogP contribution in [0.25, 0.3) is 0 Å². The number of halogens is 6. The fourth-order valence-corrected chi connectivity index (χ4v) is 8.37. The predicted octanol–water partition coefficient (Wildman–Crippen LogP) is 10.6. The normalized spacial score (nSPS) is 26.7. The molecule has 262 valence electrons. The van der Waals surface area contributed by atoms with Gasteiger partial charge in [-0.2, -0.15) is 0 Å². The molecule has 0 aliphatic heterocycles. The van der Waals surface area contributed by atoms with Gasteiger partial charge in [-0.3, -0.25) is 0 Å². The Kier molecular flexibility index (Phi) is 12.2. The second kappa shape index (κ2) is 15.1. The van der Waals surface area contributed by atoms with Crippen molar-refractivity contribution in [1.29, 1.82) is 0 Å². The first-order chi connectivity index (χ1) is 22.3. The van der Waals surface area contributed by atoms with Crippen LogP contribution < -0.4 is 9.47 Å².